The van der Waals surface area contributed by atoms with Crippen molar-refractivity contribution in [2.45, 2.75) is 24.8 Å². The quantitative estimate of drug-likeness (QED) is 0.478. The lowest BCUT2D eigenvalue weighted by atomic mass is 9.87. The molecular formula is C11H10F4O4S. The predicted octanol–water partition coefficient (Wildman–Crippen LogP) is 2.72. The van der Waals surface area contributed by atoms with Crippen molar-refractivity contribution in [2.75, 3.05) is 6.61 Å². The molecule has 1 aromatic carbocycles. The van der Waals surface area contributed by atoms with Crippen LogP contribution in [0.3, 0.4) is 0 Å². The molecule has 4 nitrogen and oxygen atoms in total. The Hall–Kier alpha value is -1.51. The third kappa shape index (κ3) is 2.41. The van der Waals surface area contributed by atoms with Crippen LogP contribution in [0.5, 0.6) is 11.5 Å². The molecule has 0 atom stereocenters. The molecule has 0 unspecified atom stereocenters. The van der Waals surface area contributed by atoms with Gasteiger partial charge in [0.25, 0.3) is 0 Å². The van der Waals surface area contributed by atoms with Gasteiger partial charge >= 0.3 is 15.6 Å². The predicted molar refractivity (Wildman–Crippen MR) is 60.5 cm³/mol. The average molecular weight is 314 g/mol. The summed E-state index contributed by atoms with van der Waals surface area (Å²) in [5.41, 5.74) is -5.98. The number of halogens is 4. The SMILES string of the molecule is CC1(C)COc2c(F)cc(OS(=O)(=O)C(F)(F)F)cc21. The molecule has 0 bridgehead atoms. The fourth-order valence-corrected chi connectivity index (χ4v) is 2.21. The van der Waals surface area contributed by atoms with Gasteiger partial charge < -0.3 is 8.92 Å². The van der Waals surface area contributed by atoms with Gasteiger partial charge in [0.2, 0.25) is 0 Å². The van der Waals surface area contributed by atoms with E-state index in [2.05, 4.69) is 4.18 Å². The van der Waals surface area contributed by atoms with Gasteiger partial charge in [-0.3, -0.25) is 0 Å². The monoisotopic (exact) mass is 314 g/mol. The first-order chi connectivity index (χ1) is 8.94. The van der Waals surface area contributed by atoms with Crippen LogP contribution in [0.15, 0.2) is 12.1 Å². The smallest absolute Gasteiger partial charge is 0.489 e. The van der Waals surface area contributed by atoms with E-state index in [-0.39, 0.29) is 17.9 Å². The zero-order chi connectivity index (χ0) is 15.3. The largest absolute Gasteiger partial charge is 0.534 e. The first kappa shape index (κ1) is 14.9. The Labute approximate surface area is 112 Å². The molecule has 20 heavy (non-hydrogen) atoms. The summed E-state index contributed by atoms with van der Waals surface area (Å²) in [5.74, 6) is -1.82. The van der Waals surface area contributed by atoms with Gasteiger partial charge in [0, 0.05) is 17.0 Å². The number of fused-ring (bicyclic) bond motifs is 1. The van der Waals surface area contributed by atoms with E-state index in [1.54, 1.807) is 13.8 Å². The lowest BCUT2D eigenvalue weighted by Gasteiger charge is -2.16. The molecule has 2 rings (SSSR count). The summed E-state index contributed by atoms with van der Waals surface area (Å²) < 4.78 is 81.1. The van der Waals surface area contributed by atoms with Crippen LogP contribution < -0.4 is 8.92 Å². The molecule has 9 heteroatoms. The number of rotatable bonds is 2. The van der Waals surface area contributed by atoms with Gasteiger partial charge in [-0.1, -0.05) is 13.8 Å². The first-order valence-electron chi connectivity index (χ1n) is 5.42. The Morgan fingerprint density at radius 1 is 1.30 bits per heavy atom. The third-order valence-corrected chi connectivity index (χ3v) is 3.79. The highest BCUT2D eigenvalue weighted by Gasteiger charge is 2.49. The topological polar surface area (TPSA) is 52.6 Å². The van der Waals surface area contributed by atoms with Crippen LogP contribution in [0.4, 0.5) is 17.6 Å². The van der Waals surface area contributed by atoms with Crippen molar-refractivity contribution >= 4 is 10.1 Å². The molecule has 0 N–H and O–H groups in total. The highest BCUT2D eigenvalue weighted by molar-refractivity contribution is 7.88. The fraction of sp³-hybridized carbons (Fsp3) is 0.455. The molecule has 1 aliphatic heterocycles. The van der Waals surface area contributed by atoms with Crippen LogP contribution >= 0.6 is 0 Å². The van der Waals surface area contributed by atoms with E-state index in [1.165, 1.54) is 0 Å². The Bertz CT molecular complexity index is 649. The summed E-state index contributed by atoms with van der Waals surface area (Å²) in [6.45, 7) is 3.50. The van der Waals surface area contributed by atoms with E-state index >= 15 is 0 Å². The van der Waals surface area contributed by atoms with Gasteiger partial charge in [-0.25, -0.2) is 4.39 Å². The van der Waals surface area contributed by atoms with E-state index in [0.717, 1.165) is 6.07 Å². The lowest BCUT2D eigenvalue weighted by molar-refractivity contribution is -0.0500. The maximum atomic E-state index is 13.7. The molecule has 0 saturated heterocycles. The van der Waals surface area contributed by atoms with Crippen molar-refractivity contribution in [3.8, 4) is 11.5 Å². The molecule has 0 spiro atoms. The average Bonchev–Trinajstić information content (AvgIpc) is 2.53. The Kier molecular flexibility index (Phi) is 3.16. The van der Waals surface area contributed by atoms with Gasteiger partial charge in [0.15, 0.2) is 11.6 Å². The van der Waals surface area contributed by atoms with Crippen LogP contribution in [0.1, 0.15) is 19.4 Å². The number of ether oxygens (including phenoxy) is 1. The fourth-order valence-electron chi connectivity index (χ4n) is 1.77. The summed E-state index contributed by atoms with van der Waals surface area (Å²) in [7, 11) is -5.83. The highest BCUT2D eigenvalue weighted by atomic mass is 32.2. The van der Waals surface area contributed by atoms with Crippen molar-refractivity contribution in [1.29, 1.82) is 0 Å². The number of alkyl halides is 3. The van der Waals surface area contributed by atoms with Crippen molar-refractivity contribution in [3.05, 3.63) is 23.5 Å². The van der Waals surface area contributed by atoms with E-state index < -0.39 is 32.6 Å². The molecule has 1 aliphatic rings. The van der Waals surface area contributed by atoms with Gasteiger partial charge in [0.05, 0.1) is 6.61 Å². The molecule has 112 valence electrons. The van der Waals surface area contributed by atoms with Crippen molar-refractivity contribution in [3.63, 3.8) is 0 Å². The highest BCUT2D eigenvalue weighted by Crippen LogP contribution is 2.42. The van der Waals surface area contributed by atoms with E-state index in [9.17, 15) is 26.0 Å². The van der Waals surface area contributed by atoms with Gasteiger partial charge in [-0.2, -0.15) is 21.6 Å². The molecule has 0 saturated carbocycles. The Morgan fingerprint density at radius 2 is 1.90 bits per heavy atom. The molecule has 0 aliphatic carbocycles. The minimum atomic E-state index is -5.83. The Morgan fingerprint density at radius 3 is 2.45 bits per heavy atom. The van der Waals surface area contributed by atoms with Crippen molar-refractivity contribution < 1.29 is 34.9 Å². The summed E-state index contributed by atoms with van der Waals surface area (Å²) >= 11 is 0. The van der Waals surface area contributed by atoms with Crippen molar-refractivity contribution in [2.24, 2.45) is 0 Å². The van der Waals surface area contributed by atoms with Gasteiger partial charge in [-0.15, -0.1) is 0 Å². The molecule has 0 radical (unpaired) electrons. The molecule has 1 aromatic rings. The second kappa shape index (κ2) is 4.24. The second-order valence-electron chi connectivity index (χ2n) is 4.94. The zero-order valence-corrected chi connectivity index (χ0v) is 11.2. The van der Waals surface area contributed by atoms with Crippen LogP contribution in [-0.4, -0.2) is 20.5 Å². The summed E-state index contributed by atoms with van der Waals surface area (Å²) in [6.07, 6.45) is 0. The Balaban J connectivity index is 2.45. The standard InChI is InChI=1S/C11H10F4O4S/c1-10(2)5-18-9-7(10)3-6(4-8(9)12)19-20(16,17)11(13,14)15/h3-4H,5H2,1-2H3. The molecule has 1 heterocycles. The minimum absolute atomic E-state index is 0.105. The number of hydrogen-bond donors (Lipinski definition) is 0. The second-order valence-corrected chi connectivity index (χ2v) is 6.48. The number of benzene rings is 1. The van der Waals surface area contributed by atoms with E-state index in [4.69, 9.17) is 4.74 Å². The van der Waals surface area contributed by atoms with Crippen LogP contribution in [0.2, 0.25) is 0 Å². The molecule has 0 fully saturated rings. The van der Waals surface area contributed by atoms with Gasteiger partial charge in [0.1, 0.15) is 5.75 Å². The maximum Gasteiger partial charge on any atom is 0.534 e. The minimum Gasteiger partial charge on any atom is -0.489 e. The first-order valence-corrected chi connectivity index (χ1v) is 6.82. The molecular weight excluding hydrogens is 304 g/mol. The lowest BCUT2D eigenvalue weighted by Crippen LogP contribution is -2.28. The normalized spacial score (nSPS) is 17.5. The molecule has 0 aromatic heterocycles. The van der Waals surface area contributed by atoms with Gasteiger partial charge in [-0.05, 0) is 6.07 Å². The van der Waals surface area contributed by atoms with E-state index in [1.807, 2.05) is 0 Å². The summed E-state index contributed by atoms with van der Waals surface area (Å²) in [5, 5.41) is 0. The van der Waals surface area contributed by atoms with Crippen LogP contribution in [0, 0.1) is 5.82 Å². The van der Waals surface area contributed by atoms with Crippen LogP contribution in [-0.2, 0) is 15.5 Å². The van der Waals surface area contributed by atoms with E-state index in [0.29, 0.717) is 6.07 Å². The third-order valence-electron chi connectivity index (χ3n) is 2.81. The maximum absolute atomic E-state index is 13.7. The molecule has 0 amide bonds. The van der Waals surface area contributed by atoms with Crippen molar-refractivity contribution in [1.82, 2.24) is 0 Å². The number of hydrogen-bond acceptors (Lipinski definition) is 4. The summed E-state index contributed by atoms with van der Waals surface area (Å²) in [6, 6.07) is 1.58. The van der Waals surface area contributed by atoms with Crippen LogP contribution in [0.25, 0.3) is 0 Å². The summed E-state index contributed by atoms with van der Waals surface area (Å²) in [4.78, 5) is 0. The zero-order valence-electron chi connectivity index (χ0n) is 10.4.